The van der Waals surface area contributed by atoms with Crippen LogP contribution in [0.2, 0.25) is 0 Å². The maximum absolute atomic E-state index is 13.4. The topological polar surface area (TPSA) is 65.4 Å². The molecular weight excluding hydrogens is 374 g/mol. The van der Waals surface area contributed by atoms with Gasteiger partial charge in [-0.15, -0.1) is 0 Å². The Bertz CT molecular complexity index is 1050. The molecule has 0 radical (unpaired) electrons. The molecule has 6 heteroatoms. The van der Waals surface area contributed by atoms with Crippen molar-refractivity contribution in [3.05, 3.63) is 52.2 Å². The second-order valence-electron chi connectivity index (χ2n) is 7.14. The summed E-state index contributed by atoms with van der Waals surface area (Å²) in [6.45, 7) is 9.80. The Labute approximate surface area is 167 Å². The van der Waals surface area contributed by atoms with Gasteiger partial charge in [0, 0.05) is 0 Å². The van der Waals surface area contributed by atoms with Gasteiger partial charge in [-0.25, -0.2) is 17.2 Å². The van der Waals surface area contributed by atoms with Crippen LogP contribution in [0.25, 0.3) is 12.2 Å². The van der Waals surface area contributed by atoms with Gasteiger partial charge >= 0.3 is 5.97 Å². The van der Waals surface area contributed by atoms with Crippen LogP contribution >= 0.6 is 0 Å². The molecule has 2 aromatic rings. The van der Waals surface area contributed by atoms with Crippen molar-refractivity contribution < 1.29 is 17.9 Å². The number of aryl methyl sites for hydroxylation is 1. The minimum absolute atomic E-state index is 0.0197. The molecule has 0 unspecified atom stereocenters. The molecule has 0 fully saturated rings. The zero-order chi connectivity index (χ0) is 20.9. The number of nitrogens with zero attached hydrogens (tertiary/aromatic N) is 1. The molecule has 152 valence electrons. The molecule has 28 heavy (non-hydrogen) atoms. The van der Waals surface area contributed by atoms with Crippen LogP contribution in [0, 0.1) is 12.8 Å². The van der Waals surface area contributed by atoms with E-state index in [4.69, 9.17) is 4.74 Å². The maximum Gasteiger partial charge on any atom is 0.356 e. The Morgan fingerprint density at radius 3 is 2.39 bits per heavy atom. The largest absolute Gasteiger partial charge is 0.461 e. The molecule has 0 spiro atoms. The van der Waals surface area contributed by atoms with E-state index in [0.29, 0.717) is 11.3 Å². The molecule has 1 heterocycles. The molecule has 0 aliphatic carbocycles. The van der Waals surface area contributed by atoms with Crippen LogP contribution in [-0.2, 0) is 14.8 Å². The Morgan fingerprint density at radius 1 is 1.21 bits per heavy atom. The zero-order valence-electron chi connectivity index (χ0n) is 17.2. The van der Waals surface area contributed by atoms with Gasteiger partial charge in [-0.05, 0) is 62.9 Å². The summed E-state index contributed by atoms with van der Waals surface area (Å²) in [7, 11) is -3.95. The van der Waals surface area contributed by atoms with Crippen LogP contribution in [0.4, 0.5) is 0 Å². The summed E-state index contributed by atoms with van der Waals surface area (Å²) in [6, 6.07) is 8.21. The molecule has 0 amide bonds. The molecule has 1 aromatic carbocycles. The fourth-order valence-electron chi connectivity index (χ4n) is 2.97. The van der Waals surface area contributed by atoms with Gasteiger partial charge in [-0.2, -0.15) is 0 Å². The predicted molar refractivity (Wildman–Crippen MR) is 112 cm³/mol. The summed E-state index contributed by atoms with van der Waals surface area (Å²) in [5.74, 6) is -0.113. The average molecular weight is 404 g/mol. The lowest BCUT2D eigenvalue weighted by molar-refractivity contribution is 0.0518. The molecule has 0 bridgehead atoms. The van der Waals surface area contributed by atoms with Gasteiger partial charge in [0.2, 0.25) is 0 Å². The van der Waals surface area contributed by atoms with Crippen LogP contribution in [0.3, 0.4) is 0 Å². The first-order chi connectivity index (χ1) is 13.2. The van der Waals surface area contributed by atoms with Gasteiger partial charge in [0.25, 0.3) is 10.0 Å². The number of rotatable bonds is 7. The summed E-state index contributed by atoms with van der Waals surface area (Å²) in [6.07, 6.45) is 5.48. The maximum atomic E-state index is 13.4. The number of hydrogen-bond acceptors (Lipinski definition) is 4. The molecule has 0 aliphatic heterocycles. The summed E-state index contributed by atoms with van der Waals surface area (Å²) in [5.41, 5.74) is 0.980. The SMILES string of the molecule is C/C=c1\c(=C/CCC(C)C)cc(C(=O)OCC)n1S(=O)(=O)c1ccc(C)cc1. The fraction of sp³-hybridized carbons (Fsp3) is 0.409. The van der Waals surface area contributed by atoms with E-state index in [1.807, 2.05) is 13.0 Å². The number of hydrogen-bond donors (Lipinski definition) is 0. The van der Waals surface area contributed by atoms with Gasteiger partial charge < -0.3 is 4.74 Å². The van der Waals surface area contributed by atoms with E-state index < -0.39 is 16.0 Å². The van der Waals surface area contributed by atoms with E-state index in [9.17, 15) is 13.2 Å². The lowest BCUT2D eigenvalue weighted by atomic mass is 10.1. The number of benzene rings is 1. The van der Waals surface area contributed by atoms with Crippen LogP contribution < -0.4 is 10.6 Å². The van der Waals surface area contributed by atoms with Gasteiger partial charge in [0.05, 0.1) is 16.9 Å². The summed E-state index contributed by atoms with van der Waals surface area (Å²) in [5, 5.41) is 1.20. The smallest absolute Gasteiger partial charge is 0.356 e. The van der Waals surface area contributed by atoms with Gasteiger partial charge in [0.1, 0.15) is 5.69 Å². The second-order valence-corrected chi connectivity index (χ2v) is 8.92. The normalized spacial score (nSPS) is 13.4. The molecular formula is C22H29NO4S. The number of carbonyl (C=O) groups excluding carboxylic acids is 1. The van der Waals surface area contributed by atoms with E-state index >= 15 is 0 Å². The lowest BCUT2D eigenvalue weighted by Gasteiger charge is -2.11. The van der Waals surface area contributed by atoms with Crippen LogP contribution in [0.15, 0.2) is 35.2 Å². The standard InChI is InChI=1S/C22H29NO4S/c1-6-20-18(10-8-9-16(3)4)15-21(22(24)27-7-2)23(20)28(25,26)19-13-11-17(5)12-14-19/h6,10-16H,7-9H2,1-5H3/b18-10-,20-6+. The Balaban J connectivity index is 2.74. The van der Waals surface area contributed by atoms with Crippen molar-refractivity contribution in [3.8, 4) is 0 Å². The van der Waals surface area contributed by atoms with Crippen molar-refractivity contribution >= 4 is 28.1 Å². The van der Waals surface area contributed by atoms with E-state index in [0.717, 1.165) is 27.6 Å². The summed E-state index contributed by atoms with van der Waals surface area (Å²) >= 11 is 0. The highest BCUT2D eigenvalue weighted by Crippen LogP contribution is 2.15. The number of esters is 1. The quantitative estimate of drug-likeness (QED) is 0.666. The summed E-state index contributed by atoms with van der Waals surface area (Å²) < 4.78 is 33.0. The third kappa shape index (κ3) is 4.73. The lowest BCUT2D eigenvalue weighted by Crippen LogP contribution is -2.34. The van der Waals surface area contributed by atoms with Crippen molar-refractivity contribution in [1.29, 1.82) is 0 Å². The van der Waals surface area contributed by atoms with Gasteiger partial charge in [-0.1, -0.05) is 43.7 Å². The summed E-state index contributed by atoms with van der Waals surface area (Å²) in [4.78, 5) is 12.7. The fourth-order valence-corrected chi connectivity index (χ4v) is 4.51. The molecule has 5 nitrogen and oxygen atoms in total. The Hall–Kier alpha value is -2.34. The second kappa shape index (κ2) is 9.24. The highest BCUT2D eigenvalue weighted by atomic mass is 32.2. The average Bonchev–Trinajstić information content (AvgIpc) is 3.01. The number of carbonyl (C=O) groups is 1. The number of ether oxygens (including phenoxy) is 1. The van der Waals surface area contributed by atoms with Crippen molar-refractivity contribution in [2.45, 2.75) is 52.4 Å². The van der Waals surface area contributed by atoms with Gasteiger partial charge in [-0.3, -0.25) is 0 Å². The van der Waals surface area contributed by atoms with Crippen LogP contribution in [-0.4, -0.2) is 25.0 Å². The van der Waals surface area contributed by atoms with E-state index in [1.165, 1.54) is 0 Å². The van der Waals surface area contributed by atoms with Crippen molar-refractivity contribution in [3.63, 3.8) is 0 Å². The molecule has 0 N–H and O–H groups in total. The Morgan fingerprint density at radius 2 is 1.86 bits per heavy atom. The molecule has 0 aliphatic rings. The minimum atomic E-state index is -3.95. The number of aromatic nitrogens is 1. The highest BCUT2D eigenvalue weighted by Gasteiger charge is 2.25. The van der Waals surface area contributed by atoms with E-state index in [-0.39, 0.29) is 17.2 Å². The van der Waals surface area contributed by atoms with E-state index in [2.05, 4.69) is 13.8 Å². The molecule has 0 saturated heterocycles. The molecule has 0 atom stereocenters. The van der Waals surface area contributed by atoms with Crippen LogP contribution in [0.5, 0.6) is 0 Å². The molecule has 0 saturated carbocycles. The van der Waals surface area contributed by atoms with Crippen molar-refractivity contribution in [1.82, 2.24) is 3.97 Å². The zero-order valence-corrected chi connectivity index (χ0v) is 18.0. The third-order valence-corrected chi connectivity index (χ3v) is 6.19. The van der Waals surface area contributed by atoms with E-state index in [1.54, 1.807) is 50.3 Å². The predicted octanol–water partition coefficient (Wildman–Crippen LogP) is 3.23. The first-order valence-corrected chi connectivity index (χ1v) is 11.0. The minimum Gasteiger partial charge on any atom is -0.461 e. The van der Waals surface area contributed by atoms with Crippen molar-refractivity contribution in [2.75, 3.05) is 6.61 Å². The first kappa shape index (κ1) is 22.0. The third-order valence-electron chi connectivity index (χ3n) is 4.45. The molecule has 2 rings (SSSR count). The Kier molecular flexibility index (Phi) is 7.24. The van der Waals surface area contributed by atoms with Crippen molar-refractivity contribution in [2.24, 2.45) is 5.92 Å². The van der Waals surface area contributed by atoms with Crippen LogP contribution in [0.1, 0.15) is 56.6 Å². The van der Waals surface area contributed by atoms with Gasteiger partial charge in [0.15, 0.2) is 0 Å². The first-order valence-electron chi connectivity index (χ1n) is 9.60. The monoisotopic (exact) mass is 403 g/mol. The molecule has 1 aromatic heterocycles. The highest BCUT2D eigenvalue weighted by molar-refractivity contribution is 7.90.